The van der Waals surface area contributed by atoms with Gasteiger partial charge in [0.05, 0.1) is 41.2 Å². The molecule has 1 amide bonds. The van der Waals surface area contributed by atoms with E-state index >= 15 is 0 Å². The Morgan fingerprint density at radius 1 is 1.33 bits per heavy atom. The molecule has 2 atom stereocenters. The number of alkyl halides is 3. The minimum atomic E-state index is -4.49. The second-order valence-corrected chi connectivity index (χ2v) is 7.86. The first-order valence-corrected chi connectivity index (χ1v) is 10.6. The van der Waals surface area contributed by atoms with Crippen LogP contribution in [0.15, 0.2) is 30.6 Å². The molecule has 1 aliphatic heterocycles. The molecule has 2 unspecified atom stereocenters. The van der Waals surface area contributed by atoms with E-state index in [2.05, 4.69) is 20.3 Å². The van der Waals surface area contributed by atoms with Crippen LogP contribution in [0.4, 0.5) is 13.2 Å². The number of carbonyl (C=O) groups is 1. The number of ether oxygens (including phenoxy) is 2. The van der Waals surface area contributed by atoms with Gasteiger partial charge in [0.25, 0.3) is 5.91 Å². The Hall–Kier alpha value is -3.05. The van der Waals surface area contributed by atoms with Crippen LogP contribution in [0.2, 0.25) is 0 Å². The standard InChI is InChI=1S/C22H24F3N5O3/c1-13-11-27-16(12-26-13)21(31)29-19(18-4-3-8-33-18)20-28-15-10-14(22(23,24)25)5-6-17(15)30(20)7-9-32-2/h5-6,10-12,18-19H,3-4,7-9H2,1-2H3,(H,29,31). The lowest BCUT2D eigenvalue weighted by Gasteiger charge is -2.24. The predicted molar refractivity (Wildman–Crippen MR) is 113 cm³/mol. The van der Waals surface area contributed by atoms with E-state index in [0.717, 1.165) is 18.6 Å². The molecule has 0 radical (unpaired) electrons. The van der Waals surface area contributed by atoms with Crippen molar-refractivity contribution >= 4 is 16.9 Å². The molecule has 1 fully saturated rings. The Kier molecular flexibility index (Phi) is 6.61. The highest BCUT2D eigenvalue weighted by Gasteiger charge is 2.35. The van der Waals surface area contributed by atoms with Gasteiger partial charge in [-0.1, -0.05) is 0 Å². The number of hydrogen-bond donors (Lipinski definition) is 1. The number of carbonyl (C=O) groups excluding carboxylic acids is 1. The number of imidazole rings is 1. The molecule has 0 spiro atoms. The van der Waals surface area contributed by atoms with Crippen LogP contribution in [0, 0.1) is 6.92 Å². The molecular formula is C22H24F3N5O3. The van der Waals surface area contributed by atoms with Gasteiger partial charge in [-0.15, -0.1) is 0 Å². The highest BCUT2D eigenvalue weighted by molar-refractivity contribution is 5.92. The third-order valence-corrected chi connectivity index (χ3v) is 5.54. The maximum absolute atomic E-state index is 13.3. The number of aromatic nitrogens is 4. The molecule has 176 valence electrons. The summed E-state index contributed by atoms with van der Waals surface area (Å²) in [4.78, 5) is 25.7. The predicted octanol–water partition coefficient (Wildman–Crippen LogP) is 3.45. The molecular weight excluding hydrogens is 439 g/mol. The van der Waals surface area contributed by atoms with E-state index in [9.17, 15) is 18.0 Å². The smallest absolute Gasteiger partial charge is 0.383 e. The summed E-state index contributed by atoms with van der Waals surface area (Å²) < 4.78 is 52.6. The topological polar surface area (TPSA) is 91.2 Å². The summed E-state index contributed by atoms with van der Waals surface area (Å²) in [6.07, 6.45) is -0.531. The number of hydrogen-bond acceptors (Lipinski definition) is 6. The van der Waals surface area contributed by atoms with Gasteiger partial charge >= 0.3 is 6.18 Å². The Morgan fingerprint density at radius 2 is 2.15 bits per heavy atom. The van der Waals surface area contributed by atoms with Crippen molar-refractivity contribution in [2.75, 3.05) is 20.3 Å². The van der Waals surface area contributed by atoms with Crippen molar-refractivity contribution in [2.45, 2.75) is 44.6 Å². The summed E-state index contributed by atoms with van der Waals surface area (Å²) in [5.41, 5.74) is 0.711. The van der Waals surface area contributed by atoms with Crippen molar-refractivity contribution in [1.82, 2.24) is 24.8 Å². The summed E-state index contributed by atoms with van der Waals surface area (Å²) in [6, 6.07) is 2.74. The van der Waals surface area contributed by atoms with Gasteiger partial charge in [-0.2, -0.15) is 13.2 Å². The first kappa shape index (κ1) is 23.1. The van der Waals surface area contributed by atoms with Crippen LogP contribution in [0.1, 0.15) is 46.5 Å². The molecule has 0 saturated carbocycles. The van der Waals surface area contributed by atoms with Crippen LogP contribution in [0.3, 0.4) is 0 Å². The van der Waals surface area contributed by atoms with Crippen molar-refractivity contribution in [3.05, 3.63) is 53.4 Å². The monoisotopic (exact) mass is 463 g/mol. The maximum Gasteiger partial charge on any atom is 0.416 e. The van der Waals surface area contributed by atoms with E-state index in [1.807, 2.05) is 0 Å². The van der Waals surface area contributed by atoms with Crippen LogP contribution < -0.4 is 5.32 Å². The molecule has 4 rings (SSSR count). The van der Waals surface area contributed by atoms with Crippen molar-refractivity contribution in [1.29, 1.82) is 0 Å². The lowest BCUT2D eigenvalue weighted by Crippen LogP contribution is -2.38. The molecule has 1 aromatic carbocycles. The van der Waals surface area contributed by atoms with Crippen molar-refractivity contribution < 1.29 is 27.4 Å². The van der Waals surface area contributed by atoms with Gasteiger partial charge in [-0.05, 0) is 38.0 Å². The fraction of sp³-hybridized carbons (Fsp3) is 0.455. The Labute approximate surface area is 188 Å². The van der Waals surface area contributed by atoms with Gasteiger partial charge in [0.1, 0.15) is 17.6 Å². The van der Waals surface area contributed by atoms with E-state index in [1.165, 1.54) is 25.6 Å². The average molecular weight is 463 g/mol. The zero-order valence-corrected chi connectivity index (χ0v) is 18.2. The Morgan fingerprint density at radius 3 is 2.79 bits per heavy atom. The number of fused-ring (bicyclic) bond motifs is 1. The van der Waals surface area contributed by atoms with Crippen LogP contribution in [0.5, 0.6) is 0 Å². The number of amides is 1. The van der Waals surface area contributed by atoms with E-state index in [1.54, 1.807) is 11.5 Å². The van der Waals surface area contributed by atoms with Crippen molar-refractivity contribution in [2.24, 2.45) is 0 Å². The van der Waals surface area contributed by atoms with Gasteiger partial charge in [0.2, 0.25) is 0 Å². The summed E-state index contributed by atoms with van der Waals surface area (Å²) in [5, 5.41) is 2.92. The lowest BCUT2D eigenvalue weighted by atomic mass is 10.1. The van der Waals surface area contributed by atoms with Gasteiger partial charge < -0.3 is 19.4 Å². The molecule has 33 heavy (non-hydrogen) atoms. The highest BCUT2D eigenvalue weighted by atomic mass is 19.4. The summed E-state index contributed by atoms with van der Waals surface area (Å²) >= 11 is 0. The number of aryl methyl sites for hydroxylation is 1. The van der Waals surface area contributed by atoms with Gasteiger partial charge in [0.15, 0.2) is 0 Å². The fourth-order valence-electron chi connectivity index (χ4n) is 3.89. The fourth-order valence-corrected chi connectivity index (χ4v) is 3.89. The van der Waals surface area contributed by atoms with Crippen molar-refractivity contribution in [3.8, 4) is 0 Å². The molecule has 1 aliphatic rings. The molecule has 3 heterocycles. The Balaban J connectivity index is 1.77. The molecule has 11 heteroatoms. The van der Waals surface area contributed by atoms with Crippen LogP contribution >= 0.6 is 0 Å². The molecule has 1 N–H and O–H groups in total. The second kappa shape index (κ2) is 9.44. The van der Waals surface area contributed by atoms with E-state index in [-0.39, 0.29) is 17.3 Å². The van der Waals surface area contributed by atoms with E-state index < -0.39 is 23.7 Å². The quantitative estimate of drug-likeness (QED) is 0.577. The number of nitrogens with one attached hydrogen (secondary N) is 1. The van der Waals surface area contributed by atoms with Gasteiger partial charge in [-0.25, -0.2) is 9.97 Å². The van der Waals surface area contributed by atoms with Gasteiger partial charge in [-0.3, -0.25) is 9.78 Å². The summed E-state index contributed by atoms with van der Waals surface area (Å²) in [6.45, 7) is 2.95. The minimum absolute atomic E-state index is 0.127. The first-order chi connectivity index (χ1) is 15.8. The molecule has 3 aromatic rings. The third kappa shape index (κ3) is 4.98. The molecule has 8 nitrogen and oxygen atoms in total. The summed E-state index contributed by atoms with van der Waals surface area (Å²) in [5.74, 6) is -0.0639. The molecule has 0 aliphatic carbocycles. The number of rotatable bonds is 7. The molecule has 0 bridgehead atoms. The van der Waals surface area contributed by atoms with Crippen LogP contribution in [0.25, 0.3) is 11.0 Å². The van der Waals surface area contributed by atoms with Crippen LogP contribution in [-0.4, -0.2) is 51.9 Å². The highest BCUT2D eigenvalue weighted by Crippen LogP contribution is 2.34. The molecule has 1 saturated heterocycles. The maximum atomic E-state index is 13.3. The number of methoxy groups -OCH3 is 1. The number of nitrogens with zero attached hydrogens (tertiary/aromatic N) is 4. The number of halogens is 3. The number of benzene rings is 1. The normalized spacial score (nSPS) is 17.4. The molecule has 2 aromatic heterocycles. The van der Waals surface area contributed by atoms with E-state index in [0.29, 0.717) is 43.2 Å². The lowest BCUT2D eigenvalue weighted by molar-refractivity contribution is -0.137. The minimum Gasteiger partial charge on any atom is -0.383 e. The average Bonchev–Trinajstić information content (AvgIpc) is 3.43. The van der Waals surface area contributed by atoms with Crippen molar-refractivity contribution in [3.63, 3.8) is 0 Å². The third-order valence-electron chi connectivity index (χ3n) is 5.54. The summed E-state index contributed by atoms with van der Waals surface area (Å²) in [7, 11) is 1.54. The van der Waals surface area contributed by atoms with Crippen LogP contribution in [-0.2, 0) is 22.2 Å². The SMILES string of the molecule is COCCn1c(C(NC(=O)c2cnc(C)cn2)C2CCCO2)nc2cc(C(F)(F)F)ccc21. The van der Waals surface area contributed by atoms with E-state index in [4.69, 9.17) is 9.47 Å². The zero-order chi connectivity index (χ0) is 23.6. The second-order valence-electron chi connectivity index (χ2n) is 7.86. The first-order valence-electron chi connectivity index (χ1n) is 10.6. The zero-order valence-electron chi connectivity index (χ0n) is 18.2. The Bertz CT molecular complexity index is 1120. The largest absolute Gasteiger partial charge is 0.416 e. The van der Waals surface area contributed by atoms with Gasteiger partial charge in [0, 0.05) is 26.5 Å².